The van der Waals surface area contributed by atoms with E-state index in [4.69, 9.17) is 5.11 Å². The van der Waals surface area contributed by atoms with Gasteiger partial charge in [0.15, 0.2) is 0 Å². The number of hydroxylamine groups is 2. The minimum absolute atomic E-state index is 0. The van der Waals surface area contributed by atoms with Crippen molar-refractivity contribution in [3.63, 3.8) is 0 Å². The van der Waals surface area contributed by atoms with E-state index in [0.717, 1.165) is 0 Å². The summed E-state index contributed by atoms with van der Waals surface area (Å²) in [6, 6.07) is 0. The molecule has 0 heterocycles. The molecule has 0 aliphatic heterocycles. The number of hydrogen-bond acceptors (Lipinski definition) is 4. The maximum atomic E-state index is 10.1. The summed E-state index contributed by atoms with van der Waals surface area (Å²) in [6.07, 6.45) is -1.19. The van der Waals surface area contributed by atoms with E-state index in [0.29, 0.717) is 6.61 Å². The fourth-order valence-electron chi connectivity index (χ4n) is 0.206. The summed E-state index contributed by atoms with van der Waals surface area (Å²) in [5.74, 6) is 0. The SMILES string of the molecule is C[NH+]([O-])C([CH-]O)N=O.[Sm]. The van der Waals surface area contributed by atoms with Crippen molar-refractivity contribution in [1.82, 2.24) is 0 Å². The van der Waals surface area contributed by atoms with Gasteiger partial charge in [0.05, 0.1) is 7.05 Å². The Kier molecular flexibility index (Phi) is 9.62. The minimum Gasteiger partial charge on any atom is -0.635 e. The normalized spacial score (nSPS) is 15.4. The van der Waals surface area contributed by atoms with Crippen LogP contribution in [0.1, 0.15) is 0 Å². The molecule has 0 amide bonds. The Morgan fingerprint density at radius 1 is 1.89 bits per heavy atom. The number of quaternary nitrogens is 1. The van der Waals surface area contributed by atoms with Gasteiger partial charge in [0.2, 0.25) is 0 Å². The number of nitrogens with one attached hydrogen (secondary N) is 1. The first-order valence-electron chi connectivity index (χ1n) is 2.03. The fourth-order valence-corrected chi connectivity index (χ4v) is 0.206. The van der Waals surface area contributed by atoms with Crippen LogP contribution in [0.25, 0.3) is 0 Å². The summed E-state index contributed by atoms with van der Waals surface area (Å²) < 4.78 is 0. The van der Waals surface area contributed by atoms with Crippen LogP contribution >= 0.6 is 0 Å². The second-order valence-electron chi connectivity index (χ2n) is 1.31. The smallest absolute Gasteiger partial charge is 0.123 e. The number of nitrogens with zero attached hydrogens (tertiary/aromatic N) is 1. The summed E-state index contributed by atoms with van der Waals surface area (Å²) >= 11 is 0. The van der Waals surface area contributed by atoms with Crippen LogP contribution in [0.5, 0.6) is 0 Å². The van der Waals surface area contributed by atoms with Crippen LogP contribution < -0.4 is 5.06 Å². The number of aliphatic hydroxyl groups is 1. The predicted molar refractivity (Wildman–Crippen MR) is 26.1 cm³/mol. The second kappa shape index (κ2) is 6.93. The van der Waals surface area contributed by atoms with Crippen molar-refractivity contribution in [1.29, 1.82) is 0 Å². The van der Waals surface area contributed by atoms with Gasteiger partial charge in [0.25, 0.3) is 0 Å². The van der Waals surface area contributed by atoms with Crippen molar-refractivity contribution in [3.05, 3.63) is 16.7 Å². The van der Waals surface area contributed by atoms with E-state index in [2.05, 4.69) is 5.18 Å². The van der Waals surface area contributed by atoms with Gasteiger partial charge in [-0.3, -0.25) is 0 Å². The van der Waals surface area contributed by atoms with Gasteiger partial charge < -0.3 is 15.4 Å². The molecule has 54 valence electrons. The molecule has 2 unspecified atom stereocenters. The van der Waals surface area contributed by atoms with E-state index in [1.54, 1.807) is 0 Å². The Bertz CT molecular complexity index is 79.5. The largest absolute Gasteiger partial charge is 0.635 e. The van der Waals surface area contributed by atoms with Gasteiger partial charge in [-0.15, -0.1) is 11.5 Å². The van der Waals surface area contributed by atoms with Crippen LogP contribution in [0.15, 0.2) is 5.18 Å². The third kappa shape index (κ3) is 5.27. The molecule has 0 aromatic heterocycles. The number of rotatable bonds is 3. The molecule has 0 radical (unpaired) electrons. The molecule has 0 aliphatic carbocycles. The molecule has 0 saturated heterocycles. The van der Waals surface area contributed by atoms with Crippen molar-refractivity contribution in [3.8, 4) is 0 Å². The summed E-state index contributed by atoms with van der Waals surface area (Å²) in [6.45, 7) is 0.468. The molecule has 0 aliphatic rings. The summed E-state index contributed by atoms with van der Waals surface area (Å²) in [7, 11) is 1.18. The van der Waals surface area contributed by atoms with Crippen LogP contribution in [-0.2, 0) is 0 Å². The van der Waals surface area contributed by atoms with Crippen LogP contribution in [-0.4, -0.2) is 18.3 Å². The third-order valence-corrected chi connectivity index (χ3v) is 0.671. The van der Waals surface area contributed by atoms with Gasteiger partial charge in [0, 0.05) is 40.4 Å². The Balaban J connectivity index is 0. The standard InChI is InChI=1S/C3H7N2O3.Sm/c1-5(8)3(2-6)4-7;/h2-3,5-6H,1H3;/q-1;. The molecule has 0 spiro atoms. The molecular formula is C3H7N2O3Sm-. The summed E-state index contributed by atoms with van der Waals surface area (Å²) in [4.78, 5) is 9.52. The molecule has 2 N–H and O–H groups in total. The Morgan fingerprint density at radius 2 is 2.33 bits per heavy atom. The topological polar surface area (TPSA) is 77.2 Å². The van der Waals surface area contributed by atoms with Crippen LogP contribution in [0.4, 0.5) is 0 Å². The van der Waals surface area contributed by atoms with Gasteiger partial charge in [-0.05, 0) is 5.18 Å². The van der Waals surface area contributed by atoms with Gasteiger partial charge in [-0.2, -0.15) is 0 Å². The number of nitroso groups, excluding NO2 is 1. The molecule has 0 bridgehead atoms. The quantitative estimate of drug-likeness (QED) is 0.377. The molecule has 0 saturated carbocycles. The van der Waals surface area contributed by atoms with Crippen molar-refractivity contribution in [2.24, 2.45) is 5.18 Å². The van der Waals surface area contributed by atoms with E-state index in [1.165, 1.54) is 7.05 Å². The van der Waals surface area contributed by atoms with Crippen molar-refractivity contribution >= 4 is 0 Å². The van der Waals surface area contributed by atoms with Gasteiger partial charge in [-0.1, -0.05) is 0 Å². The second-order valence-corrected chi connectivity index (χ2v) is 1.31. The predicted octanol–water partition coefficient (Wildman–Crippen LogP) is -1.37. The van der Waals surface area contributed by atoms with Crippen LogP contribution in [0, 0.1) is 57.1 Å². The molecule has 2 atom stereocenters. The van der Waals surface area contributed by atoms with E-state index >= 15 is 0 Å². The van der Waals surface area contributed by atoms with Gasteiger partial charge >= 0.3 is 0 Å². The first-order valence-corrected chi connectivity index (χ1v) is 2.03. The first kappa shape index (κ1) is 12.5. The van der Waals surface area contributed by atoms with Crippen molar-refractivity contribution < 1.29 is 50.6 Å². The zero-order valence-electron chi connectivity index (χ0n) is 4.77. The van der Waals surface area contributed by atoms with E-state index in [1.807, 2.05) is 0 Å². The number of likely N-dealkylation sites (N-methyl/N-ethyl adjacent to an activating group) is 1. The minimum atomic E-state index is -1.19. The zero-order valence-corrected chi connectivity index (χ0v) is 7.39. The molecule has 0 fully saturated rings. The monoisotopic (exact) mass is 271 g/mol. The van der Waals surface area contributed by atoms with Crippen molar-refractivity contribution in [2.75, 3.05) is 7.05 Å². The van der Waals surface area contributed by atoms with Crippen LogP contribution in [0.2, 0.25) is 0 Å². The molecule has 0 aromatic carbocycles. The van der Waals surface area contributed by atoms with Gasteiger partial charge in [0.1, 0.15) is 6.17 Å². The van der Waals surface area contributed by atoms with Crippen LogP contribution in [0.3, 0.4) is 0 Å². The third-order valence-electron chi connectivity index (χ3n) is 0.671. The molecule has 6 heteroatoms. The first-order chi connectivity index (χ1) is 3.72. The molecular weight excluding hydrogens is 262 g/mol. The number of hydrogen-bond donors (Lipinski definition) is 2. The Hall–Kier alpha value is 0.818. The van der Waals surface area contributed by atoms with E-state index < -0.39 is 11.2 Å². The van der Waals surface area contributed by atoms with E-state index in [-0.39, 0.29) is 40.4 Å². The zero-order chi connectivity index (χ0) is 6.57. The molecule has 5 nitrogen and oxygen atoms in total. The fraction of sp³-hybridized carbons (Fsp3) is 0.667. The molecule has 9 heavy (non-hydrogen) atoms. The maximum absolute atomic E-state index is 10.1. The summed E-state index contributed by atoms with van der Waals surface area (Å²) in [5, 5.41) is 20.0. The average molecular weight is 269 g/mol. The van der Waals surface area contributed by atoms with E-state index in [9.17, 15) is 10.1 Å². The average Bonchev–Trinajstić information content (AvgIpc) is 1.69. The Labute approximate surface area is 85.1 Å². The molecule has 0 rings (SSSR count). The number of aliphatic hydroxyl groups excluding tert-OH is 1. The Morgan fingerprint density at radius 3 is 2.33 bits per heavy atom. The van der Waals surface area contributed by atoms with Gasteiger partial charge in [-0.25, -0.2) is 0 Å². The molecule has 0 aromatic rings. The van der Waals surface area contributed by atoms with Crippen molar-refractivity contribution in [2.45, 2.75) is 6.17 Å². The maximum Gasteiger partial charge on any atom is 0.123 e. The summed E-state index contributed by atoms with van der Waals surface area (Å²) in [5.41, 5.74) is 0.